The zero-order valence-electron chi connectivity index (χ0n) is 13.4. The third-order valence-electron chi connectivity index (χ3n) is 3.16. The van der Waals surface area contributed by atoms with Crippen LogP contribution in [0.15, 0.2) is 55.1 Å². The molecule has 130 valence electrons. The van der Waals surface area contributed by atoms with Crippen LogP contribution in [0.1, 0.15) is 11.1 Å². The van der Waals surface area contributed by atoms with Crippen LogP contribution in [0.2, 0.25) is 10.0 Å². The summed E-state index contributed by atoms with van der Waals surface area (Å²) in [7, 11) is 0. The Morgan fingerprint density at radius 1 is 1.16 bits per heavy atom. The molecule has 0 aliphatic carbocycles. The van der Waals surface area contributed by atoms with Gasteiger partial charge in [0.1, 0.15) is 12.4 Å². The molecule has 3 N–H and O–H groups in total. The van der Waals surface area contributed by atoms with E-state index in [0.29, 0.717) is 28.3 Å². The molecule has 7 heteroatoms. The molecule has 2 aromatic carbocycles. The zero-order valence-corrected chi connectivity index (χ0v) is 15.7. The minimum absolute atomic E-state index is 0.310. The zero-order chi connectivity index (χ0) is 18.1. The minimum Gasteiger partial charge on any atom is -0.489 e. The lowest BCUT2D eigenvalue weighted by Crippen LogP contribution is -2.82. The highest BCUT2D eigenvalue weighted by atomic mass is 35.5. The van der Waals surface area contributed by atoms with Crippen molar-refractivity contribution in [2.45, 2.75) is 6.61 Å². The van der Waals surface area contributed by atoms with Crippen LogP contribution in [0.3, 0.4) is 0 Å². The lowest BCUT2D eigenvalue weighted by Gasteiger charge is -2.09. The Morgan fingerprint density at radius 2 is 1.84 bits per heavy atom. The average Bonchev–Trinajstić information content (AvgIpc) is 2.61. The molecule has 0 aromatic heterocycles. The SMILES string of the molecule is C=CCNC(=S)N[NH+]=Cc1ccc(OCc2c(Cl)cccc2Cl)cc1. The van der Waals surface area contributed by atoms with Crippen molar-refractivity contribution in [3.63, 3.8) is 0 Å². The summed E-state index contributed by atoms with van der Waals surface area (Å²) in [4.78, 5) is 0. The first-order valence-corrected chi connectivity index (χ1v) is 8.66. The predicted octanol–water partition coefficient (Wildman–Crippen LogP) is 2.64. The van der Waals surface area contributed by atoms with Crippen LogP contribution < -0.4 is 20.6 Å². The summed E-state index contributed by atoms with van der Waals surface area (Å²) in [6.45, 7) is 4.52. The molecule has 0 heterocycles. The molecule has 0 atom stereocenters. The molecule has 2 rings (SSSR count). The summed E-state index contributed by atoms with van der Waals surface area (Å²) in [5.41, 5.74) is 4.58. The molecule has 0 aliphatic heterocycles. The maximum Gasteiger partial charge on any atom is 0.224 e. The Morgan fingerprint density at radius 3 is 2.48 bits per heavy atom. The van der Waals surface area contributed by atoms with Crippen molar-refractivity contribution in [2.24, 2.45) is 0 Å². The molecule has 0 radical (unpaired) electrons. The number of nitrogens with one attached hydrogen (secondary N) is 3. The Hall–Kier alpha value is -2.08. The van der Waals surface area contributed by atoms with Gasteiger partial charge < -0.3 is 10.1 Å². The van der Waals surface area contributed by atoms with E-state index in [0.717, 1.165) is 16.9 Å². The van der Waals surface area contributed by atoms with Gasteiger partial charge in [-0.3, -0.25) is 0 Å². The highest BCUT2D eigenvalue weighted by Gasteiger charge is 2.06. The van der Waals surface area contributed by atoms with E-state index in [9.17, 15) is 0 Å². The van der Waals surface area contributed by atoms with Gasteiger partial charge in [0.2, 0.25) is 5.11 Å². The molecular formula is C18H18Cl2N3OS+. The van der Waals surface area contributed by atoms with Gasteiger partial charge in [-0.05, 0) is 48.6 Å². The van der Waals surface area contributed by atoms with E-state index < -0.39 is 0 Å². The fourth-order valence-corrected chi connectivity index (χ4v) is 2.53. The molecule has 0 fully saturated rings. The van der Waals surface area contributed by atoms with Crippen LogP contribution in [0, 0.1) is 0 Å². The van der Waals surface area contributed by atoms with Gasteiger partial charge >= 0.3 is 0 Å². The maximum atomic E-state index is 6.13. The highest BCUT2D eigenvalue weighted by molar-refractivity contribution is 7.80. The minimum atomic E-state index is 0.310. The maximum absolute atomic E-state index is 6.13. The summed E-state index contributed by atoms with van der Waals surface area (Å²) >= 11 is 17.3. The van der Waals surface area contributed by atoms with Gasteiger partial charge in [-0.2, -0.15) is 0 Å². The van der Waals surface area contributed by atoms with Crippen molar-refractivity contribution in [3.8, 4) is 5.75 Å². The summed E-state index contributed by atoms with van der Waals surface area (Å²) in [6.07, 6.45) is 3.52. The normalized spacial score (nSPS) is 10.5. The molecule has 4 nitrogen and oxygen atoms in total. The van der Waals surface area contributed by atoms with Gasteiger partial charge in [-0.1, -0.05) is 35.3 Å². The van der Waals surface area contributed by atoms with Crippen LogP contribution in [0.5, 0.6) is 5.75 Å². The van der Waals surface area contributed by atoms with E-state index in [1.807, 2.05) is 24.3 Å². The van der Waals surface area contributed by atoms with Gasteiger partial charge in [0.05, 0.1) is 0 Å². The molecule has 25 heavy (non-hydrogen) atoms. The molecule has 0 saturated carbocycles. The quantitative estimate of drug-likeness (QED) is 0.292. The Kier molecular flexibility index (Phi) is 7.73. The molecule has 2 aromatic rings. The molecule has 0 unspecified atom stereocenters. The predicted molar refractivity (Wildman–Crippen MR) is 107 cm³/mol. The van der Waals surface area contributed by atoms with Gasteiger partial charge in [-0.15, -0.1) is 17.1 Å². The smallest absolute Gasteiger partial charge is 0.224 e. The van der Waals surface area contributed by atoms with Gasteiger partial charge in [0.25, 0.3) is 0 Å². The number of rotatable bonds is 7. The molecule has 0 spiro atoms. The summed E-state index contributed by atoms with van der Waals surface area (Å²) < 4.78 is 5.74. The molecule has 0 aliphatic rings. The Bertz CT molecular complexity index is 743. The summed E-state index contributed by atoms with van der Waals surface area (Å²) in [6, 6.07) is 12.9. The van der Waals surface area contributed by atoms with E-state index in [2.05, 4.69) is 22.4 Å². The number of halogens is 2. The second kappa shape index (κ2) is 10.0. The monoisotopic (exact) mass is 394 g/mol. The third kappa shape index (κ3) is 6.38. The van der Waals surface area contributed by atoms with E-state index in [1.54, 1.807) is 30.5 Å². The Labute approximate surface area is 162 Å². The van der Waals surface area contributed by atoms with Crippen LogP contribution in [0.25, 0.3) is 0 Å². The fraction of sp³-hybridized carbons (Fsp3) is 0.111. The largest absolute Gasteiger partial charge is 0.489 e. The average molecular weight is 395 g/mol. The first-order chi connectivity index (χ1) is 12.1. The van der Waals surface area contributed by atoms with E-state index in [-0.39, 0.29) is 0 Å². The molecule has 0 amide bonds. The number of hydrazone groups is 1. The van der Waals surface area contributed by atoms with Crippen molar-refractivity contribution in [1.82, 2.24) is 10.7 Å². The van der Waals surface area contributed by atoms with Crippen molar-refractivity contribution < 1.29 is 9.84 Å². The van der Waals surface area contributed by atoms with Crippen LogP contribution in [0.4, 0.5) is 0 Å². The fourth-order valence-electron chi connectivity index (χ4n) is 1.88. The first kappa shape index (κ1) is 19.2. The van der Waals surface area contributed by atoms with Gasteiger partial charge in [-0.25, -0.2) is 0 Å². The Balaban J connectivity index is 1.87. The summed E-state index contributed by atoms with van der Waals surface area (Å²) in [5, 5.41) is 7.54. The van der Waals surface area contributed by atoms with Crippen molar-refractivity contribution in [1.29, 1.82) is 0 Å². The van der Waals surface area contributed by atoms with E-state index in [4.69, 9.17) is 40.2 Å². The van der Waals surface area contributed by atoms with E-state index >= 15 is 0 Å². The number of hydrazine groups is 1. The second-order valence-corrected chi connectivity index (χ2v) is 6.19. The first-order valence-electron chi connectivity index (χ1n) is 7.49. The van der Waals surface area contributed by atoms with Crippen LogP contribution in [-0.4, -0.2) is 17.9 Å². The number of thiocarbonyl (C=S) groups is 1. The number of hydrogen-bond acceptors (Lipinski definition) is 2. The lowest BCUT2D eigenvalue weighted by atomic mass is 10.2. The standard InChI is InChI=1S/C18H17Cl2N3OS/c1-2-10-21-18(25)23-22-11-13-6-8-14(9-7-13)24-12-15-16(19)4-3-5-17(15)20/h2-9,11H,1,10,12H2,(H2,21,23,25)/p+1. The molecule has 0 bridgehead atoms. The number of benzene rings is 2. The van der Waals surface area contributed by atoms with E-state index in [1.165, 1.54) is 0 Å². The van der Waals surface area contributed by atoms with Crippen LogP contribution >= 0.6 is 35.4 Å². The summed E-state index contributed by atoms with van der Waals surface area (Å²) in [5.74, 6) is 0.726. The van der Waals surface area contributed by atoms with Gasteiger partial charge in [0, 0.05) is 27.7 Å². The van der Waals surface area contributed by atoms with Gasteiger partial charge in [0.15, 0.2) is 6.21 Å². The topological polar surface area (TPSA) is 47.3 Å². The molecular weight excluding hydrogens is 377 g/mol. The third-order valence-corrected chi connectivity index (χ3v) is 4.11. The van der Waals surface area contributed by atoms with Crippen molar-refractivity contribution in [2.75, 3.05) is 6.54 Å². The lowest BCUT2D eigenvalue weighted by molar-refractivity contribution is -0.500. The number of hydrogen-bond donors (Lipinski definition) is 3. The van der Waals surface area contributed by atoms with Crippen molar-refractivity contribution >= 4 is 46.7 Å². The van der Waals surface area contributed by atoms with Crippen molar-refractivity contribution in [3.05, 3.63) is 76.3 Å². The number of ether oxygens (including phenoxy) is 1. The second-order valence-electron chi connectivity index (χ2n) is 4.97. The van der Waals surface area contributed by atoms with Crippen LogP contribution in [-0.2, 0) is 6.61 Å². The molecule has 0 saturated heterocycles. The highest BCUT2D eigenvalue weighted by Crippen LogP contribution is 2.25.